The van der Waals surface area contributed by atoms with Crippen molar-refractivity contribution >= 4 is 11.8 Å². The van der Waals surface area contributed by atoms with Crippen LogP contribution in [0, 0.1) is 6.92 Å². The van der Waals surface area contributed by atoms with Gasteiger partial charge in [-0.25, -0.2) is 0 Å². The maximum atomic E-state index is 5.52. The highest BCUT2D eigenvalue weighted by molar-refractivity contribution is 7.98. The molecule has 2 N–H and O–H groups in total. The van der Waals surface area contributed by atoms with E-state index in [4.69, 9.17) is 5.73 Å². The first kappa shape index (κ1) is 8.56. The van der Waals surface area contributed by atoms with Crippen molar-refractivity contribution in [1.29, 1.82) is 0 Å². The first-order chi connectivity index (χ1) is 5.27. The molecule has 0 bridgehead atoms. The van der Waals surface area contributed by atoms with Gasteiger partial charge in [0.05, 0.1) is 0 Å². The molecule has 0 aliphatic heterocycles. The maximum absolute atomic E-state index is 5.52. The van der Waals surface area contributed by atoms with Crippen LogP contribution in [0.3, 0.4) is 0 Å². The van der Waals surface area contributed by atoms with E-state index in [2.05, 4.69) is 11.1 Å². The first-order valence-electron chi connectivity index (χ1n) is 3.47. The molecule has 11 heavy (non-hydrogen) atoms. The summed E-state index contributed by atoms with van der Waals surface area (Å²) in [6.07, 6.45) is 3.90. The minimum Gasteiger partial charge on any atom is -0.326 e. The summed E-state index contributed by atoms with van der Waals surface area (Å²) in [5, 5.41) is 0. The smallest absolute Gasteiger partial charge is 0.0384 e. The van der Waals surface area contributed by atoms with Crippen LogP contribution in [0.15, 0.2) is 17.2 Å². The lowest BCUT2D eigenvalue weighted by Gasteiger charge is -2.03. The Hall–Kier alpha value is -0.540. The third-order valence-corrected chi connectivity index (χ3v) is 2.34. The number of aryl methyl sites for hydroxylation is 1. The van der Waals surface area contributed by atoms with E-state index in [1.807, 2.05) is 19.4 Å². The van der Waals surface area contributed by atoms with Crippen LogP contribution in [0.2, 0.25) is 0 Å². The number of hydrogen-bond acceptors (Lipinski definition) is 3. The van der Waals surface area contributed by atoms with Gasteiger partial charge in [-0.15, -0.1) is 11.8 Å². The molecule has 1 heterocycles. The number of nitrogens with two attached hydrogens (primary N) is 1. The number of thioether (sulfide) groups is 1. The van der Waals surface area contributed by atoms with Crippen molar-refractivity contribution < 1.29 is 0 Å². The molecule has 1 aromatic rings. The lowest BCUT2D eigenvalue weighted by atomic mass is 10.2. The molecule has 60 valence electrons. The molecule has 0 saturated heterocycles. The molecule has 0 aliphatic rings. The van der Waals surface area contributed by atoms with Crippen molar-refractivity contribution in [3.05, 3.63) is 23.5 Å². The Balaban J connectivity index is 3.06. The molecule has 0 spiro atoms. The van der Waals surface area contributed by atoms with Gasteiger partial charge in [-0.3, -0.25) is 4.98 Å². The molecule has 0 fully saturated rings. The van der Waals surface area contributed by atoms with Gasteiger partial charge in [-0.2, -0.15) is 0 Å². The average molecular weight is 168 g/mol. The van der Waals surface area contributed by atoms with Crippen molar-refractivity contribution in [2.75, 3.05) is 6.26 Å². The Kier molecular flexibility index (Phi) is 2.91. The number of hydrogen-bond donors (Lipinski definition) is 1. The molecule has 0 aromatic carbocycles. The fraction of sp³-hybridized carbons (Fsp3) is 0.375. The quantitative estimate of drug-likeness (QED) is 0.681. The second-order valence-corrected chi connectivity index (χ2v) is 3.19. The van der Waals surface area contributed by atoms with Crippen molar-refractivity contribution in [1.82, 2.24) is 4.98 Å². The summed E-state index contributed by atoms with van der Waals surface area (Å²) in [5.74, 6) is 0. The van der Waals surface area contributed by atoms with Crippen molar-refractivity contribution in [2.24, 2.45) is 5.73 Å². The summed E-state index contributed by atoms with van der Waals surface area (Å²) >= 11 is 1.71. The van der Waals surface area contributed by atoms with Crippen LogP contribution in [0.4, 0.5) is 0 Å². The first-order valence-corrected chi connectivity index (χ1v) is 4.70. The fourth-order valence-electron chi connectivity index (χ4n) is 0.906. The van der Waals surface area contributed by atoms with E-state index < -0.39 is 0 Å². The molecule has 1 aromatic heterocycles. The summed E-state index contributed by atoms with van der Waals surface area (Å²) in [6, 6.07) is 2.06. The lowest BCUT2D eigenvalue weighted by molar-refractivity contribution is 0.985. The standard InChI is InChI=1S/C8H12N2S/c1-6-3-8(11-2)7(4-9)5-10-6/h3,5H,4,9H2,1-2H3. The normalized spacial score (nSPS) is 10.1. The average Bonchev–Trinajstić information content (AvgIpc) is 2.04. The zero-order valence-corrected chi connectivity index (χ0v) is 7.61. The molecule has 1 rings (SSSR count). The van der Waals surface area contributed by atoms with Gasteiger partial charge < -0.3 is 5.73 Å². The summed E-state index contributed by atoms with van der Waals surface area (Å²) in [4.78, 5) is 5.40. The van der Waals surface area contributed by atoms with E-state index in [0.29, 0.717) is 6.54 Å². The summed E-state index contributed by atoms with van der Waals surface area (Å²) in [6.45, 7) is 2.56. The monoisotopic (exact) mass is 168 g/mol. The van der Waals surface area contributed by atoms with Crippen molar-refractivity contribution in [3.63, 3.8) is 0 Å². The Labute approximate surface area is 71.2 Å². The fourth-order valence-corrected chi connectivity index (χ4v) is 1.59. The zero-order valence-electron chi connectivity index (χ0n) is 6.79. The molecular formula is C8H12N2S. The molecule has 2 nitrogen and oxygen atoms in total. The van der Waals surface area contributed by atoms with E-state index >= 15 is 0 Å². The van der Waals surface area contributed by atoms with Gasteiger partial charge in [0.2, 0.25) is 0 Å². The molecule has 0 saturated carbocycles. The highest BCUT2D eigenvalue weighted by Crippen LogP contribution is 2.19. The van der Waals surface area contributed by atoms with Crippen LogP contribution < -0.4 is 5.73 Å². The number of pyridine rings is 1. The zero-order chi connectivity index (χ0) is 8.27. The Morgan fingerprint density at radius 2 is 2.36 bits per heavy atom. The van der Waals surface area contributed by atoms with Crippen LogP contribution in [0.1, 0.15) is 11.3 Å². The van der Waals surface area contributed by atoms with E-state index in [9.17, 15) is 0 Å². The molecule has 3 heteroatoms. The van der Waals surface area contributed by atoms with Crippen molar-refractivity contribution in [2.45, 2.75) is 18.4 Å². The second kappa shape index (κ2) is 3.74. The van der Waals surface area contributed by atoms with E-state index in [1.54, 1.807) is 11.8 Å². The minimum atomic E-state index is 0.573. The molecule has 0 unspecified atom stereocenters. The van der Waals surface area contributed by atoms with Crippen LogP contribution in [0.25, 0.3) is 0 Å². The van der Waals surface area contributed by atoms with E-state index in [-0.39, 0.29) is 0 Å². The Morgan fingerprint density at radius 1 is 1.64 bits per heavy atom. The van der Waals surface area contributed by atoms with Gasteiger partial charge in [-0.05, 0) is 24.8 Å². The van der Waals surface area contributed by atoms with Crippen LogP contribution >= 0.6 is 11.8 Å². The summed E-state index contributed by atoms with van der Waals surface area (Å²) < 4.78 is 0. The van der Waals surface area contributed by atoms with Crippen LogP contribution in [-0.4, -0.2) is 11.2 Å². The van der Waals surface area contributed by atoms with E-state index in [1.165, 1.54) is 4.90 Å². The maximum Gasteiger partial charge on any atom is 0.0384 e. The number of aromatic nitrogens is 1. The SMILES string of the molecule is CSc1cc(C)ncc1CN. The molecule has 0 aliphatic carbocycles. The van der Waals surface area contributed by atoms with Gasteiger partial charge in [0.1, 0.15) is 0 Å². The van der Waals surface area contributed by atoms with Crippen LogP contribution in [0.5, 0.6) is 0 Å². The number of nitrogens with zero attached hydrogens (tertiary/aromatic N) is 1. The lowest BCUT2D eigenvalue weighted by Crippen LogP contribution is -1.99. The minimum absolute atomic E-state index is 0.573. The molecule has 0 radical (unpaired) electrons. The predicted octanol–water partition coefficient (Wildman–Crippen LogP) is 1.57. The topological polar surface area (TPSA) is 38.9 Å². The molecule has 0 amide bonds. The van der Waals surface area contributed by atoms with Crippen molar-refractivity contribution in [3.8, 4) is 0 Å². The highest BCUT2D eigenvalue weighted by Gasteiger charge is 1.99. The largest absolute Gasteiger partial charge is 0.326 e. The second-order valence-electron chi connectivity index (χ2n) is 2.34. The highest BCUT2D eigenvalue weighted by atomic mass is 32.2. The number of rotatable bonds is 2. The van der Waals surface area contributed by atoms with Gasteiger partial charge in [0, 0.05) is 23.3 Å². The molecular weight excluding hydrogens is 156 g/mol. The van der Waals surface area contributed by atoms with Gasteiger partial charge in [0.15, 0.2) is 0 Å². The Morgan fingerprint density at radius 3 is 2.91 bits per heavy atom. The summed E-state index contributed by atoms with van der Waals surface area (Å²) in [7, 11) is 0. The molecule has 0 atom stereocenters. The Bertz CT molecular complexity index is 248. The van der Waals surface area contributed by atoms with E-state index in [0.717, 1.165) is 11.3 Å². The predicted molar refractivity (Wildman–Crippen MR) is 48.6 cm³/mol. The van der Waals surface area contributed by atoms with Gasteiger partial charge in [-0.1, -0.05) is 0 Å². The van der Waals surface area contributed by atoms with Gasteiger partial charge in [0.25, 0.3) is 0 Å². The summed E-state index contributed by atoms with van der Waals surface area (Å²) in [5.41, 5.74) is 7.70. The van der Waals surface area contributed by atoms with Crippen LogP contribution in [-0.2, 0) is 6.54 Å². The van der Waals surface area contributed by atoms with Gasteiger partial charge >= 0.3 is 0 Å². The third kappa shape index (κ3) is 1.94. The third-order valence-electron chi connectivity index (χ3n) is 1.52.